The predicted molar refractivity (Wildman–Crippen MR) is 93.8 cm³/mol. The van der Waals surface area contributed by atoms with Gasteiger partial charge in [-0.1, -0.05) is 30.3 Å². The van der Waals surface area contributed by atoms with Gasteiger partial charge in [0.25, 0.3) is 0 Å². The molecule has 22 heavy (non-hydrogen) atoms. The SMILES string of the molecule is COc1cc(P(CN)c2ccccc2)cc(OC)c1C=O.[LiH]. The van der Waals surface area contributed by atoms with Crippen LogP contribution in [0.2, 0.25) is 0 Å². The molecule has 0 radical (unpaired) electrons. The molecule has 0 amide bonds. The van der Waals surface area contributed by atoms with Crippen molar-refractivity contribution in [1.82, 2.24) is 0 Å². The van der Waals surface area contributed by atoms with E-state index in [1.807, 2.05) is 30.3 Å². The average Bonchev–Trinajstić information content (AvgIpc) is 2.55. The number of rotatable bonds is 6. The van der Waals surface area contributed by atoms with E-state index in [1.165, 1.54) is 5.30 Å². The molecule has 0 saturated carbocycles. The van der Waals surface area contributed by atoms with Crippen LogP contribution in [0.1, 0.15) is 10.4 Å². The topological polar surface area (TPSA) is 61.6 Å². The summed E-state index contributed by atoms with van der Waals surface area (Å²) in [6, 6.07) is 13.8. The first kappa shape index (κ1) is 18.7. The van der Waals surface area contributed by atoms with Crippen LogP contribution in [0, 0.1) is 0 Å². The van der Waals surface area contributed by atoms with E-state index in [9.17, 15) is 4.79 Å². The Labute approximate surface area is 143 Å². The Balaban J connectivity index is 0.00000242. The monoisotopic (exact) mass is 311 g/mol. The van der Waals surface area contributed by atoms with E-state index in [1.54, 1.807) is 14.2 Å². The molecule has 0 aliphatic heterocycles. The second-order valence-electron chi connectivity index (χ2n) is 4.33. The van der Waals surface area contributed by atoms with E-state index in [0.717, 1.165) is 11.6 Å². The molecule has 2 N–H and O–H groups in total. The molecule has 0 bridgehead atoms. The summed E-state index contributed by atoms with van der Waals surface area (Å²) in [7, 11) is 2.37. The molecule has 0 saturated heterocycles. The maximum atomic E-state index is 11.2. The number of nitrogens with two attached hydrogens (primary N) is 1. The molecule has 1 atom stereocenters. The first-order chi connectivity index (χ1) is 10.2. The van der Waals surface area contributed by atoms with Crippen molar-refractivity contribution in [1.29, 1.82) is 0 Å². The third-order valence-corrected chi connectivity index (χ3v) is 5.38. The second kappa shape index (κ2) is 8.98. The van der Waals surface area contributed by atoms with Gasteiger partial charge in [0.2, 0.25) is 0 Å². The summed E-state index contributed by atoms with van der Waals surface area (Å²) >= 11 is 0. The van der Waals surface area contributed by atoms with Crippen molar-refractivity contribution in [3.05, 3.63) is 48.0 Å². The van der Waals surface area contributed by atoms with Crippen LogP contribution in [0.3, 0.4) is 0 Å². The Hall–Kier alpha value is -1.30. The van der Waals surface area contributed by atoms with Crippen LogP contribution in [0.4, 0.5) is 0 Å². The van der Waals surface area contributed by atoms with Gasteiger partial charge in [-0.05, 0) is 30.7 Å². The minimum atomic E-state index is -0.708. The van der Waals surface area contributed by atoms with Gasteiger partial charge in [-0.2, -0.15) is 0 Å². The van der Waals surface area contributed by atoms with E-state index in [2.05, 4.69) is 12.1 Å². The van der Waals surface area contributed by atoms with Crippen LogP contribution in [-0.2, 0) is 0 Å². The van der Waals surface area contributed by atoms with Gasteiger partial charge in [0.05, 0.1) is 19.8 Å². The molecule has 112 valence electrons. The molecule has 6 heteroatoms. The van der Waals surface area contributed by atoms with Gasteiger partial charge >= 0.3 is 18.9 Å². The summed E-state index contributed by atoms with van der Waals surface area (Å²) in [6.45, 7) is 0. The second-order valence-corrected chi connectivity index (χ2v) is 6.58. The third-order valence-electron chi connectivity index (χ3n) is 3.21. The molecule has 0 aliphatic carbocycles. The molecule has 0 aromatic heterocycles. The molecule has 0 fully saturated rings. The number of hydrogen-bond donors (Lipinski definition) is 1. The van der Waals surface area contributed by atoms with Gasteiger partial charge in [0.15, 0.2) is 6.29 Å². The molecule has 2 aromatic rings. The molecule has 2 aromatic carbocycles. The van der Waals surface area contributed by atoms with Gasteiger partial charge in [0.1, 0.15) is 11.5 Å². The number of carbonyl (C=O) groups is 1. The van der Waals surface area contributed by atoms with Gasteiger partial charge in [0, 0.05) is 6.29 Å². The van der Waals surface area contributed by atoms with Crippen molar-refractivity contribution in [2.75, 3.05) is 20.5 Å². The van der Waals surface area contributed by atoms with Gasteiger partial charge in [-0.15, -0.1) is 0 Å². The summed E-state index contributed by atoms with van der Waals surface area (Å²) in [5.41, 5.74) is 6.39. The number of hydrogen-bond acceptors (Lipinski definition) is 4. The Bertz CT molecular complexity index is 597. The van der Waals surface area contributed by atoms with Crippen molar-refractivity contribution >= 4 is 43.7 Å². The van der Waals surface area contributed by atoms with Crippen molar-refractivity contribution in [2.45, 2.75) is 0 Å². The molecule has 1 unspecified atom stereocenters. The van der Waals surface area contributed by atoms with Crippen LogP contribution in [0.5, 0.6) is 11.5 Å². The molecular formula is C16H19LiNO3P. The van der Waals surface area contributed by atoms with Crippen LogP contribution in [0.15, 0.2) is 42.5 Å². The molecule has 0 heterocycles. The summed E-state index contributed by atoms with van der Waals surface area (Å²) in [6.07, 6.45) is 1.26. The van der Waals surface area contributed by atoms with E-state index in [0.29, 0.717) is 23.3 Å². The molecule has 4 nitrogen and oxygen atoms in total. The van der Waals surface area contributed by atoms with Crippen LogP contribution in [0.25, 0.3) is 0 Å². The van der Waals surface area contributed by atoms with Crippen LogP contribution in [-0.4, -0.2) is 45.7 Å². The number of methoxy groups -OCH3 is 2. The number of aldehydes is 1. The summed E-state index contributed by atoms with van der Waals surface area (Å²) in [5, 5.41) is 2.20. The summed E-state index contributed by atoms with van der Waals surface area (Å²) in [5.74, 6) is 1.02. The zero-order valence-electron chi connectivity index (χ0n) is 12.1. The zero-order valence-corrected chi connectivity index (χ0v) is 13.0. The zero-order chi connectivity index (χ0) is 15.2. The molecule has 2 rings (SSSR count). The van der Waals surface area contributed by atoms with Gasteiger partial charge in [-0.25, -0.2) is 0 Å². The maximum absolute atomic E-state index is 11.2. The molecule has 0 aliphatic rings. The Kier molecular flexibility index (Phi) is 7.65. The fraction of sp³-hybridized carbons (Fsp3) is 0.188. The Morgan fingerprint density at radius 2 is 1.59 bits per heavy atom. The Morgan fingerprint density at radius 1 is 1.05 bits per heavy atom. The quantitative estimate of drug-likeness (QED) is 0.495. The first-order valence-corrected chi connectivity index (χ1v) is 8.01. The normalized spacial score (nSPS) is 11.2. The van der Waals surface area contributed by atoms with Gasteiger partial charge in [-0.3, -0.25) is 4.79 Å². The average molecular weight is 311 g/mol. The van der Waals surface area contributed by atoms with E-state index in [4.69, 9.17) is 15.2 Å². The number of benzene rings is 2. The number of carbonyl (C=O) groups excluding carboxylic acids is 1. The van der Waals surface area contributed by atoms with Crippen molar-refractivity contribution in [2.24, 2.45) is 5.73 Å². The van der Waals surface area contributed by atoms with Crippen molar-refractivity contribution in [3.8, 4) is 11.5 Å². The van der Waals surface area contributed by atoms with E-state index < -0.39 is 7.92 Å². The standard InChI is InChI=1S/C16H18NO3P.Li.H/c1-19-15-8-13(9-16(20-2)14(15)10-18)21(11-17)12-6-4-3-5-7-12;;/h3-10H,11,17H2,1-2H3;;. The fourth-order valence-corrected chi connectivity index (χ4v) is 3.96. The van der Waals surface area contributed by atoms with E-state index in [-0.39, 0.29) is 18.9 Å². The summed E-state index contributed by atoms with van der Waals surface area (Å²) < 4.78 is 10.6. The summed E-state index contributed by atoms with van der Waals surface area (Å²) in [4.78, 5) is 11.2. The van der Waals surface area contributed by atoms with Crippen LogP contribution < -0.4 is 25.8 Å². The number of ether oxygens (including phenoxy) is 2. The predicted octanol–water partition coefficient (Wildman–Crippen LogP) is 1.22. The van der Waals surface area contributed by atoms with Crippen molar-refractivity contribution < 1.29 is 14.3 Å². The Morgan fingerprint density at radius 3 is 2.00 bits per heavy atom. The minimum absolute atomic E-state index is 0. The first-order valence-electron chi connectivity index (χ1n) is 6.49. The van der Waals surface area contributed by atoms with Crippen molar-refractivity contribution in [3.63, 3.8) is 0 Å². The molecule has 0 spiro atoms. The van der Waals surface area contributed by atoms with Crippen LogP contribution >= 0.6 is 7.92 Å². The van der Waals surface area contributed by atoms with E-state index >= 15 is 0 Å². The fourth-order valence-electron chi connectivity index (χ4n) is 2.16. The molecular weight excluding hydrogens is 292 g/mol. The van der Waals surface area contributed by atoms with Gasteiger partial charge < -0.3 is 15.2 Å². The third kappa shape index (κ3) is 3.91.